The minimum absolute atomic E-state index is 0.227. The second-order valence-electron chi connectivity index (χ2n) is 3.32. The predicted octanol–water partition coefficient (Wildman–Crippen LogP) is 1.56. The summed E-state index contributed by atoms with van der Waals surface area (Å²) in [5, 5.41) is 17.6. The van der Waals surface area contributed by atoms with Gasteiger partial charge in [-0.3, -0.25) is 4.79 Å². The van der Waals surface area contributed by atoms with Crippen LogP contribution in [0.4, 0.5) is 0 Å². The van der Waals surface area contributed by atoms with Crippen molar-refractivity contribution in [3.63, 3.8) is 0 Å². The number of carbonyl (C=O) groups excluding carboxylic acids is 1. The molecule has 0 radical (unpaired) electrons. The molecule has 9 heteroatoms. The number of hydrogen-bond acceptors (Lipinski definition) is 6. The molecule has 7 nitrogen and oxygen atoms in total. The zero-order valence-electron chi connectivity index (χ0n) is 9.39. The number of carbonyl (C=O) groups is 1. The van der Waals surface area contributed by atoms with Gasteiger partial charge in [0.25, 0.3) is 5.91 Å². The van der Waals surface area contributed by atoms with Gasteiger partial charge in [0.15, 0.2) is 4.47 Å². The lowest BCUT2D eigenvalue weighted by Gasteiger charge is -1.85. The van der Waals surface area contributed by atoms with Gasteiger partial charge >= 0.3 is 0 Å². The standard InChI is InChI=1S/C6H5N3O.C4H3ClN2OS/c10-9-6-4-2-1-3-5(6)7-8-9;5-4-7-2(1-9-4)3(6)8/h1-4,10H;1H,(H2,6,8). The summed E-state index contributed by atoms with van der Waals surface area (Å²) in [7, 11) is 0. The average molecular weight is 298 g/mol. The Bertz CT molecular complexity index is 711. The lowest BCUT2D eigenvalue weighted by Crippen LogP contribution is -2.10. The maximum atomic E-state index is 10.3. The van der Waals surface area contributed by atoms with Gasteiger partial charge in [-0.15, -0.1) is 16.4 Å². The third-order valence-corrected chi connectivity index (χ3v) is 3.04. The van der Waals surface area contributed by atoms with E-state index in [9.17, 15) is 4.79 Å². The van der Waals surface area contributed by atoms with Gasteiger partial charge in [-0.1, -0.05) is 28.6 Å². The molecular formula is C10H8ClN5O2S. The Morgan fingerprint density at radius 1 is 1.42 bits per heavy atom. The summed E-state index contributed by atoms with van der Waals surface area (Å²) in [6.45, 7) is 0. The lowest BCUT2D eigenvalue weighted by atomic mass is 10.3. The van der Waals surface area contributed by atoms with Gasteiger partial charge in [0.2, 0.25) is 0 Å². The van der Waals surface area contributed by atoms with Crippen LogP contribution in [0.5, 0.6) is 0 Å². The first-order chi connectivity index (χ1) is 9.08. The number of halogens is 1. The second kappa shape index (κ2) is 5.63. The van der Waals surface area contributed by atoms with Crippen LogP contribution in [0.15, 0.2) is 29.6 Å². The molecule has 0 atom stereocenters. The van der Waals surface area contributed by atoms with Crippen LogP contribution >= 0.6 is 22.9 Å². The van der Waals surface area contributed by atoms with Crippen molar-refractivity contribution in [3.8, 4) is 0 Å². The summed E-state index contributed by atoms with van der Waals surface area (Å²) < 4.78 is 0.337. The molecule has 1 aromatic carbocycles. The number of nitrogens with zero attached hydrogens (tertiary/aromatic N) is 4. The highest BCUT2D eigenvalue weighted by molar-refractivity contribution is 7.14. The monoisotopic (exact) mass is 297 g/mol. The Labute approximate surface area is 116 Å². The molecule has 3 aromatic rings. The van der Waals surface area contributed by atoms with Crippen LogP contribution in [0.3, 0.4) is 0 Å². The highest BCUT2D eigenvalue weighted by Crippen LogP contribution is 2.13. The maximum Gasteiger partial charge on any atom is 0.268 e. The van der Waals surface area contributed by atoms with E-state index in [2.05, 4.69) is 15.3 Å². The van der Waals surface area contributed by atoms with E-state index in [0.29, 0.717) is 15.5 Å². The van der Waals surface area contributed by atoms with Crippen LogP contribution in [0, 0.1) is 0 Å². The van der Waals surface area contributed by atoms with E-state index in [4.69, 9.17) is 22.5 Å². The number of benzene rings is 1. The van der Waals surface area contributed by atoms with Crippen molar-refractivity contribution in [2.75, 3.05) is 0 Å². The van der Waals surface area contributed by atoms with Crippen molar-refractivity contribution < 1.29 is 10.0 Å². The van der Waals surface area contributed by atoms with Gasteiger partial charge in [-0.2, -0.15) is 0 Å². The van der Waals surface area contributed by atoms with Crippen molar-refractivity contribution in [1.82, 2.24) is 20.1 Å². The summed E-state index contributed by atoms with van der Waals surface area (Å²) in [4.78, 5) is 14.7. The Morgan fingerprint density at radius 2 is 2.16 bits per heavy atom. The fourth-order valence-electron chi connectivity index (χ4n) is 1.22. The summed E-state index contributed by atoms with van der Waals surface area (Å²) >= 11 is 6.59. The second-order valence-corrected chi connectivity index (χ2v) is 4.76. The molecule has 0 aliphatic carbocycles. The number of nitrogens with two attached hydrogens (primary N) is 1. The van der Waals surface area contributed by atoms with Crippen molar-refractivity contribution in [3.05, 3.63) is 39.8 Å². The van der Waals surface area contributed by atoms with Crippen LogP contribution in [-0.4, -0.2) is 31.3 Å². The predicted molar refractivity (Wildman–Crippen MR) is 70.4 cm³/mol. The SMILES string of the molecule is NC(=O)c1csc(Cl)n1.On1nnc2ccccc21. The highest BCUT2D eigenvalue weighted by atomic mass is 35.5. The number of aromatic nitrogens is 4. The van der Waals surface area contributed by atoms with Gasteiger partial charge in [0, 0.05) is 5.38 Å². The highest BCUT2D eigenvalue weighted by Gasteiger charge is 2.03. The van der Waals surface area contributed by atoms with Gasteiger partial charge in [-0.25, -0.2) is 4.98 Å². The molecule has 19 heavy (non-hydrogen) atoms. The van der Waals surface area contributed by atoms with Gasteiger partial charge in [-0.05, 0) is 17.3 Å². The molecule has 0 bridgehead atoms. The topological polar surface area (TPSA) is 107 Å². The lowest BCUT2D eigenvalue weighted by molar-refractivity contribution is 0.0996. The van der Waals surface area contributed by atoms with Gasteiger partial charge < -0.3 is 10.9 Å². The zero-order chi connectivity index (χ0) is 13.8. The summed E-state index contributed by atoms with van der Waals surface area (Å²) in [5.41, 5.74) is 6.43. The Balaban J connectivity index is 0.000000141. The third kappa shape index (κ3) is 3.18. The molecule has 0 saturated carbocycles. The number of fused-ring (bicyclic) bond motifs is 1. The Morgan fingerprint density at radius 3 is 2.68 bits per heavy atom. The molecule has 0 fully saturated rings. The summed E-state index contributed by atoms with van der Waals surface area (Å²) in [6, 6.07) is 7.19. The number of para-hydroxylation sites is 1. The number of rotatable bonds is 1. The number of thiazole rings is 1. The fourth-order valence-corrected chi connectivity index (χ4v) is 1.98. The zero-order valence-corrected chi connectivity index (χ0v) is 11.0. The van der Waals surface area contributed by atoms with Crippen molar-refractivity contribution in [2.24, 2.45) is 5.73 Å². The van der Waals surface area contributed by atoms with E-state index in [1.807, 2.05) is 12.1 Å². The Hall–Kier alpha value is -2.19. The van der Waals surface area contributed by atoms with E-state index in [-0.39, 0.29) is 5.69 Å². The van der Waals surface area contributed by atoms with Crippen molar-refractivity contribution >= 4 is 39.9 Å². The average Bonchev–Trinajstić information content (AvgIpc) is 2.98. The molecule has 0 saturated heterocycles. The smallest absolute Gasteiger partial charge is 0.268 e. The molecule has 3 N–H and O–H groups in total. The first-order valence-electron chi connectivity index (χ1n) is 4.98. The van der Waals surface area contributed by atoms with Crippen LogP contribution in [0.25, 0.3) is 11.0 Å². The molecule has 0 spiro atoms. The number of primary amides is 1. The molecule has 3 rings (SSSR count). The molecular weight excluding hydrogens is 290 g/mol. The molecule has 98 valence electrons. The molecule has 0 aliphatic rings. The maximum absolute atomic E-state index is 10.3. The van der Waals surface area contributed by atoms with Crippen LogP contribution in [0.1, 0.15) is 10.5 Å². The van der Waals surface area contributed by atoms with Crippen molar-refractivity contribution in [2.45, 2.75) is 0 Å². The van der Waals surface area contributed by atoms with E-state index < -0.39 is 5.91 Å². The molecule has 2 heterocycles. The summed E-state index contributed by atoms with van der Waals surface area (Å²) in [5.74, 6) is -0.543. The largest absolute Gasteiger partial charge is 0.410 e. The quantitative estimate of drug-likeness (QED) is 0.663. The normalized spacial score (nSPS) is 9.95. The minimum atomic E-state index is -0.543. The van der Waals surface area contributed by atoms with E-state index >= 15 is 0 Å². The fraction of sp³-hybridized carbons (Fsp3) is 0. The first kappa shape index (κ1) is 13.2. The molecule has 0 aliphatic heterocycles. The van der Waals surface area contributed by atoms with E-state index in [1.54, 1.807) is 12.1 Å². The molecule has 0 unspecified atom stereocenters. The van der Waals surface area contributed by atoms with Crippen molar-refractivity contribution in [1.29, 1.82) is 0 Å². The van der Waals surface area contributed by atoms with Crippen LogP contribution in [0.2, 0.25) is 4.47 Å². The number of amides is 1. The minimum Gasteiger partial charge on any atom is -0.410 e. The first-order valence-corrected chi connectivity index (χ1v) is 6.24. The van der Waals surface area contributed by atoms with E-state index in [1.165, 1.54) is 16.7 Å². The van der Waals surface area contributed by atoms with E-state index in [0.717, 1.165) is 4.85 Å². The molecule has 2 aromatic heterocycles. The third-order valence-electron chi connectivity index (χ3n) is 2.06. The van der Waals surface area contributed by atoms with Crippen LogP contribution < -0.4 is 5.73 Å². The summed E-state index contributed by atoms with van der Waals surface area (Å²) in [6.07, 6.45) is 0. The Kier molecular flexibility index (Phi) is 3.93. The number of hydrogen-bond donors (Lipinski definition) is 2. The van der Waals surface area contributed by atoms with Gasteiger partial charge in [0.05, 0.1) is 0 Å². The van der Waals surface area contributed by atoms with Crippen LogP contribution in [-0.2, 0) is 0 Å². The van der Waals surface area contributed by atoms with Gasteiger partial charge in [0.1, 0.15) is 16.7 Å². The molecule has 1 amide bonds.